The summed E-state index contributed by atoms with van der Waals surface area (Å²) in [6, 6.07) is 5.37. The van der Waals surface area contributed by atoms with Gasteiger partial charge in [-0.05, 0) is 36.1 Å². The van der Waals surface area contributed by atoms with Crippen molar-refractivity contribution in [1.82, 2.24) is 4.90 Å². The lowest BCUT2D eigenvalue weighted by Gasteiger charge is -2.30. The maximum atomic E-state index is 12.4. The predicted molar refractivity (Wildman–Crippen MR) is 89.8 cm³/mol. The molecule has 3 nitrogen and oxygen atoms in total. The number of halogens is 2. The molecule has 1 aromatic rings. The molecule has 0 radical (unpaired) electrons. The molecule has 1 unspecified atom stereocenters. The fourth-order valence-electron chi connectivity index (χ4n) is 2.27. The van der Waals surface area contributed by atoms with Gasteiger partial charge in [0, 0.05) is 29.6 Å². The summed E-state index contributed by atoms with van der Waals surface area (Å²) >= 11 is 12.0. The molecule has 2 N–H and O–H groups in total. The number of amides is 1. The van der Waals surface area contributed by atoms with Gasteiger partial charge in [0.2, 0.25) is 5.91 Å². The van der Waals surface area contributed by atoms with Crippen LogP contribution in [-0.4, -0.2) is 30.9 Å². The van der Waals surface area contributed by atoms with E-state index in [9.17, 15) is 4.79 Å². The SMILES string of the molecule is CC(Cc1ccc(Cl)cc1Cl)C(=O)N(C)CC(C)(C)CN. The van der Waals surface area contributed by atoms with Gasteiger partial charge in [0.1, 0.15) is 0 Å². The molecule has 0 saturated carbocycles. The molecule has 0 aromatic heterocycles. The van der Waals surface area contributed by atoms with E-state index in [0.717, 1.165) is 5.56 Å². The van der Waals surface area contributed by atoms with Gasteiger partial charge in [-0.2, -0.15) is 0 Å². The van der Waals surface area contributed by atoms with Crippen molar-refractivity contribution in [3.63, 3.8) is 0 Å². The second kappa shape index (κ2) is 7.48. The molecule has 5 heteroatoms. The zero-order valence-corrected chi connectivity index (χ0v) is 14.6. The third-order valence-electron chi connectivity index (χ3n) is 3.56. The third kappa shape index (κ3) is 5.50. The van der Waals surface area contributed by atoms with Gasteiger partial charge >= 0.3 is 0 Å². The highest BCUT2D eigenvalue weighted by Crippen LogP contribution is 2.24. The number of nitrogens with zero attached hydrogens (tertiary/aromatic N) is 1. The first-order valence-electron chi connectivity index (χ1n) is 7.05. The van der Waals surface area contributed by atoms with E-state index >= 15 is 0 Å². The van der Waals surface area contributed by atoms with E-state index in [1.807, 2.05) is 20.0 Å². The minimum atomic E-state index is -0.137. The number of hydrogen-bond acceptors (Lipinski definition) is 2. The topological polar surface area (TPSA) is 46.3 Å². The van der Waals surface area contributed by atoms with Crippen LogP contribution in [0.5, 0.6) is 0 Å². The molecule has 1 rings (SSSR count). The molecule has 0 aliphatic heterocycles. The largest absolute Gasteiger partial charge is 0.345 e. The normalized spacial score (nSPS) is 13.1. The molecule has 0 spiro atoms. The Balaban J connectivity index is 2.70. The van der Waals surface area contributed by atoms with E-state index in [4.69, 9.17) is 28.9 Å². The van der Waals surface area contributed by atoms with E-state index in [2.05, 4.69) is 13.8 Å². The average Bonchev–Trinajstić information content (AvgIpc) is 2.40. The molecule has 1 amide bonds. The van der Waals surface area contributed by atoms with Crippen LogP contribution in [0.4, 0.5) is 0 Å². The predicted octanol–water partition coefficient (Wildman–Crippen LogP) is 3.62. The summed E-state index contributed by atoms with van der Waals surface area (Å²) in [4.78, 5) is 14.2. The van der Waals surface area contributed by atoms with Gasteiger partial charge in [0.25, 0.3) is 0 Å². The van der Waals surface area contributed by atoms with Crippen LogP contribution in [0.3, 0.4) is 0 Å². The maximum absolute atomic E-state index is 12.4. The Hall–Kier alpha value is -0.770. The Bertz CT molecular complexity index is 503. The highest BCUT2D eigenvalue weighted by molar-refractivity contribution is 6.35. The van der Waals surface area contributed by atoms with Crippen LogP contribution >= 0.6 is 23.2 Å². The minimum Gasteiger partial charge on any atom is -0.345 e. The van der Waals surface area contributed by atoms with Crippen molar-refractivity contribution >= 4 is 29.1 Å². The summed E-state index contributed by atoms with van der Waals surface area (Å²) in [7, 11) is 1.82. The summed E-state index contributed by atoms with van der Waals surface area (Å²) in [6.07, 6.45) is 0.599. The summed E-state index contributed by atoms with van der Waals surface area (Å²) < 4.78 is 0. The number of carbonyl (C=O) groups excluding carboxylic acids is 1. The maximum Gasteiger partial charge on any atom is 0.225 e. The Morgan fingerprint density at radius 2 is 2.00 bits per heavy atom. The first-order chi connectivity index (χ1) is 9.66. The van der Waals surface area contributed by atoms with Crippen LogP contribution in [-0.2, 0) is 11.2 Å². The van der Waals surface area contributed by atoms with E-state index in [0.29, 0.717) is 29.6 Å². The molecule has 118 valence electrons. The molecular weight excluding hydrogens is 307 g/mol. The smallest absolute Gasteiger partial charge is 0.225 e. The first-order valence-corrected chi connectivity index (χ1v) is 7.81. The van der Waals surface area contributed by atoms with E-state index in [-0.39, 0.29) is 17.2 Å². The molecule has 0 bridgehead atoms. The molecule has 0 aliphatic rings. The standard InChI is InChI=1S/C16H24Cl2N2O/c1-11(7-12-5-6-13(17)8-14(12)18)15(21)20(4)10-16(2,3)9-19/h5-6,8,11H,7,9-10,19H2,1-4H3. The molecule has 0 aliphatic carbocycles. The lowest BCUT2D eigenvalue weighted by molar-refractivity contribution is -0.134. The van der Waals surface area contributed by atoms with Crippen molar-refractivity contribution in [3.8, 4) is 0 Å². The van der Waals surface area contributed by atoms with E-state index in [1.54, 1.807) is 17.0 Å². The van der Waals surface area contributed by atoms with Crippen LogP contribution in [0.2, 0.25) is 10.0 Å². The zero-order valence-electron chi connectivity index (χ0n) is 13.1. The summed E-state index contributed by atoms with van der Waals surface area (Å²) in [5.41, 5.74) is 6.58. The van der Waals surface area contributed by atoms with Gasteiger partial charge in [-0.25, -0.2) is 0 Å². The molecule has 21 heavy (non-hydrogen) atoms. The van der Waals surface area contributed by atoms with Gasteiger partial charge in [0.05, 0.1) is 0 Å². The Morgan fingerprint density at radius 3 is 2.52 bits per heavy atom. The van der Waals surface area contributed by atoms with Crippen molar-refractivity contribution in [2.24, 2.45) is 17.1 Å². The number of carbonyl (C=O) groups is 1. The van der Waals surface area contributed by atoms with Gasteiger partial charge in [0.15, 0.2) is 0 Å². The second-order valence-corrected chi connectivity index (χ2v) is 7.25. The monoisotopic (exact) mass is 330 g/mol. The average molecular weight is 331 g/mol. The molecule has 0 saturated heterocycles. The lowest BCUT2D eigenvalue weighted by atomic mass is 9.92. The van der Waals surface area contributed by atoms with Crippen molar-refractivity contribution in [2.45, 2.75) is 27.2 Å². The molecular formula is C16H24Cl2N2O. The van der Waals surface area contributed by atoms with Gasteiger partial charge < -0.3 is 10.6 Å². The van der Waals surface area contributed by atoms with Crippen LogP contribution in [0, 0.1) is 11.3 Å². The fourth-order valence-corrected chi connectivity index (χ4v) is 2.75. The highest BCUT2D eigenvalue weighted by atomic mass is 35.5. The number of benzene rings is 1. The Morgan fingerprint density at radius 1 is 1.38 bits per heavy atom. The minimum absolute atomic E-state index is 0.0813. The second-order valence-electron chi connectivity index (χ2n) is 6.40. The molecule has 1 aromatic carbocycles. The van der Waals surface area contributed by atoms with Gasteiger partial charge in [-0.3, -0.25) is 4.79 Å². The Kier molecular flexibility index (Phi) is 6.51. The molecule has 0 heterocycles. The highest BCUT2D eigenvalue weighted by Gasteiger charge is 2.24. The number of hydrogen-bond donors (Lipinski definition) is 1. The number of nitrogens with two attached hydrogens (primary N) is 1. The Labute approximate surface area is 137 Å². The van der Waals surface area contributed by atoms with Crippen molar-refractivity contribution in [3.05, 3.63) is 33.8 Å². The van der Waals surface area contributed by atoms with E-state index in [1.165, 1.54) is 0 Å². The first kappa shape index (κ1) is 18.3. The summed E-state index contributed by atoms with van der Waals surface area (Å²) in [6.45, 7) is 7.21. The van der Waals surface area contributed by atoms with Crippen LogP contribution in [0.15, 0.2) is 18.2 Å². The van der Waals surface area contributed by atoms with Gasteiger partial charge in [-0.15, -0.1) is 0 Å². The van der Waals surface area contributed by atoms with E-state index < -0.39 is 0 Å². The zero-order chi connectivity index (χ0) is 16.2. The van der Waals surface area contributed by atoms with Crippen molar-refractivity contribution in [1.29, 1.82) is 0 Å². The summed E-state index contributed by atoms with van der Waals surface area (Å²) in [5.74, 6) is -0.0372. The van der Waals surface area contributed by atoms with Crippen LogP contribution in [0.25, 0.3) is 0 Å². The lowest BCUT2D eigenvalue weighted by Crippen LogP contribution is -2.42. The fraction of sp³-hybridized carbons (Fsp3) is 0.562. The number of rotatable bonds is 6. The summed E-state index contributed by atoms with van der Waals surface area (Å²) in [5, 5.41) is 1.21. The van der Waals surface area contributed by atoms with Gasteiger partial charge in [-0.1, -0.05) is 50.0 Å². The third-order valence-corrected chi connectivity index (χ3v) is 4.14. The molecule has 0 fully saturated rings. The van der Waals surface area contributed by atoms with Crippen molar-refractivity contribution in [2.75, 3.05) is 20.1 Å². The molecule has 1 atom stereocenters. The van der Waals surface area contributed by atoms with Crippen LogP contribution in [0.1, 0.15) is 26.3 Å². The quantitative estimate of drug-likeness (QED) is 0.865. The van der Waals surface area contributed by atoms with Crippen LogP contribution < -0.4 is 5.73 Å². The van der Waals surface area contributed by atoms with Crippen molar-refractivity contribution < 1.29 is 4.79 Å².